The van der Waals surface area contributed by atoms with Gasteiger partial charge in [0.1, 0.15) is 0 Å². The van der Waals surface area contributed by atoms with Gasteiger partial charge in [-0.1, -0.05) is 23.7 Å². The molecule has 0 aliphatic heterocycles. The summed E-state index contributed by atoms with van der Waals surface area (Å²) in [6.45, 7) is 2.36. The van der Waals surface area contributed by atoms with Crippen LogP contribution in [0.25, 0.3) is 0 Å². The second-order valence-electron chi connectivity index (χ2n) is 4.50. The van der Waals surface area contributed by atoms with Crippen LogP contribution in [0, 0.1) is 0 Å². The highest BCUT2D eigenvalue weighted by molar-refractivity contribution is 6.30. The maximum absolute atomic E-state index is 11.6. The van der Waals surface area contributed by atoms with Gasteiger partial charge in [-0.3, -0.25) is 4.79 Å². The zero-order valence-corrected chi connectivity index (χ0v) is 10.6. The zero-order chi connectivity index (χ0) is 12.3. The lowest BCUT2D eigenvalue weighted by Gasteiger charge is -2.14. The van der Waals surface area contributed by atoms with E-state index in [4.69, 9.17) is 11.6 Å². The first kappa shape index (κ1) is 12.4. The molecule has 0 unspecified atom stereocenters. The van der Waals surface area contributed by atoms with Crippen LogP contribution in [0.2, 0.25) is 5.02 Å². The van der Waals surface area contributed by atoms with Crippen LogP contribution in [0.15, 0.2) is 24.3 Å². The molecule has 1 aromatic rings. The molecule has 1 saturated carbocycles. The highest BCUT2D eigenvalue weighted by atomic mass is 35.5. The maximum atomic E-state index is 11.6. The SMILES string of the molecule is C[C@H](NC(=O)CNC1CC1)c1cccc(Cl)c1. The van der Waals surface area contributed by atoms with Gasteiger partial charge in [0.25, 0.3) is 0 Å². The van der Waals surface area contributed by atoms with Crippen molar-refractivity contribution < 1.29 is 4.79 Å². The summed E-state index contributed by atoms with van der Waals surface area (Å²) < 4.78 is 0. The van der Waals surface area contributed by atoms with Crippen LogP contribution in [0.3, 0.4) is 0 Å². The standard InChI is InChI=1S/C13H17ClN2O/c1-9(10-3-2-4-11(14)7-10)16-13(17)8-15-12-5-6-12/h2-4,7,9,12,15H,5-6,8H2,1H3,(H,16,17)/t9-/m0/s1. The predicted octanol–water partition coefficient (Wildman–Crippen LogP) is 2.27. The predicted molar refractivity (Wildman–Crippen MR) is 69.0 cm³/mol. The molecule has 1 amide bonds. The van der Waals surface area contributed by atoms with E-state index in [9.17, 15) is 4.79 Å². The molecule has 0 saturated heterocycles. The minimum atomic E-state index is -0.0118. The molecule has 1 fully saturated rings. The molecule has 1 aliphatic rings. The Balaban J connectivity index is 1.82. The molecule has 1 aromatic carbocycles. The maximum Gasteiger partial charge on any atom is 0.234 e. The fraction of sp³-hybridized carbons (Fsp3) is 0.462. The molecule has 0 aromatic heterocycles. The molecule has 0 bridgehead atoms. The number of nitrogens with one attached hydrogen (secondary N) is 2. The van der Waals surface area contributed by atoms with Crippen LogP contribution >= 0.6 is 11.6 Å². The molecule has 4 heteroatoms. The average molecular weight is 253 g/mol. The monoisotopic (exact) mass is 252 g/mol. The fourth-order valence-corrected chi connectivity index (χ4v) is 1.87. The van der Waals surface area contributed by atoms with E-state index in [1.807, 2.05) is 31.2 Å². The molecule has 17 heavy (non-hydrogen) atoms. The van der Waals surface area contributed by atoms with Crippen LogP contribution in [-0.2, 0) is 4.79 Å². The number of hydrogen-bond donors (Lipinski definition) is 2. The van der Waals surface area contributed by atoms with Gasteiger partial charge in [0.15, 0.2) is 0 Å². The number of benzene rings is 1. The van der Waals surface area contributed by atoms with Crippen LogP contribution in [-0.4, -0.2) is 18.5 Å². The van der Waals surface area contributed by atoms with Crippen LogP contribution in [0.5, 0.6) is 0 Å². The fourth-order valence-electron chi connectivity index (χ4n) is 1.68. The van der Waals surface area contributed by atoms with E-state index in [1.165, 1.54) is 12.8 Å². The Morgan fingerprint density at radius 3 is 2.94 bits per heavy atom. The molecule has 1 aliphatic carbocycles. The number of carbonyl (C=O) groups excluding carboxylic acids is 1. The molecule has 0 spiro atoms. The van der Waals surface area contributed by atoms with E-state index in [2.05, 4.69) is 10.6 Å². The van der Waals surface area contributed by atoms with E-state index < -0.39 is 0 Å². The smallest absolute Gasteiger partial charge is 0.234 e. The number of carbonyl (C=O) groups is 1. The van der Waals surface area contributed by atoms with E-state index in [0.717, 1.165) is 5.56 Å². The third kappa shape index (κ3) is 4.02. The topological polar surface area (TPSA) is 41.1 Å². The first-order chi connectivity index (χ1) is 8.15. The quantitative estimate of drug-likeness (QED) is 0.844. The summed E-state index contributed by atoms with van der Waals surface area (Å²) in [5.74, 6) is 0.0318. The number of hydrogen-bond acceptors (Lipinski definition) is 2. The molecule has 92 valence electrons. The minimum absolute atomic E-state index is 0.0118. The van der Waals surface area contributed by atoms with Gasteiger partial charge in [-0.25, -0.2) is 0 Å². The summed E-state index contributed by atoms with van der Waals surface area (Å²) in [5, 5.41) is 6.83. The van der Waals surface area contributed by atoms with Crippen molar-refractivity contribution in [2.75, 3.05) is 6.54 Å². The Morgan fingerprint density at radius 2 is 2.29 bits per heavy atom. The number of halogens is 1. The van der Waals surface area contributed by atoms with Crippen molar-refractivity contribution in [3.05, 3.63) is 34.9 Å². The van der Waals surface area contributed by atoms with E-state index >= 15 is 0 Å². The van der Waals surface area contributed by atoms with Crippen molar-refractivity contribution in [2.24, 2.45) is 0 Å². The van der Waals surface area contributed by atoms with Gasteiger partial charge in [-0.15, -0.1) is 0 Å². The second-order valence-corrected chi connectivity index (χ2v) is 4.94. The van der Waals surface area contributed by atoms with E-state index in [1.54, 1.807) is 0 Å². The third-order valence-electron chi connectivity index (χ3n) is 2.85. The number of amides is 1. The molecule has 1 atom stereocenters. The van der Waals surface area contributed by atoms with Crippen LogP contribution in [0.4, 0.5) is 0 Å². The Bertz CT molecular complexity index is 404. The zero-order valence-electron chi connectivity index (χ0n) is 9.87. The second kappa shape index (κ2) is 5.52. The van der Waals surface area contributed by atoms with E-state index in [-0.39, 0.29) is 11.9 Å². The molecule has 3 nitrogen and oxygen atoms in total. The number of rotatable bonds is 5. The Morgan fingerprint density at radius 1 is 1.53 bits per heavy atom. The average Bonchev–Trinajstić information content (AvgIpc) is 3.10. The Labute approximate surface area is 107 Å². The highest BCUT2D eigenvalue weighted by Crippen LogP contribution is 2.19. The van der Waals surface area contributed by atoms with Gasteiger partial charge in [0.05, 0.1) is 12.6 Å². The van der Waals surface area contributed by atoms with Crippen molar-refractivity contribution in [1.29, 1.82) is 0 Å². The summed E-state index contributed by atoms with van der Waals surface area (Å²) in [7, 11) is 0. The van der Waals surface area contributed by atoms with Gasteiger partial charge in [0, 0.05) is 11.1 Å². The summed E-state index contributed by atoms with van der Waals surface area (Å²) in [4.78, 5) is 11.6. The molecular formula is C13H17ClN2O. The highest BCUT2D eigenvalue weighted by Gasteiger charge is 2.21. The van der Waals surface area contributed by atoms with Crippen molar-refractivity contribution >= 4 is 17.5 Å². The van der Waals surface area contributed by atoms with Crippen LogP contribution < -0.4 is 10.6 Å². The molecule has 0 heterocycles. The normalized spacial score (nSPS) is 16.6. The van der Waals surface area contributed by atoms with Gasteiger partial charge in [0.2, 0.25) is 5.91 Å². The van der Waals surface area contributed by atoms with Crippen molar-refractivity contribution in [1.82, 2.24) is 10.6 Å². The summed E-state index contributed by atoms with van der Waals surface area (Å²) >= 11 is 5.91. The molecular weight excluding hydrogens is 236 g/mol. The van der Waals surface area contributed by atoms with Gasteiger partial charge in [-0.05, 0) is 37.5 Å². The lowest BCUT2D eigenvalue weighted by molar-refractivity contribution is -0.120. The van der Waals surface area contributed by atoms with Crippen molar-refractivity contribution in [2.45, 2.75) is 31.8 Å². The van der Waals surface area contributed by atoms with E-state index in [0.29, 0.717) is 17.6 Å². The van der Waals surface area contributed by atoms with Crippen molar-refractivity contribution in [3.8, 4) is 0 Å². The van der Waals surface area contributed by atoms with Crippen LogP contribution in [0.1, 0.15) is 31.4 Å². The Hall–Kier alpha value is -1.06. The van der Waals surface area contributed by atoms with Gasteiger partial charge < -0.3 is 10.6 Å². The first-order valence-electron chi connectivity index (χ1n) is 5.93. The minimum Gasteiger partial charge on any atom is -0.348 e. The lowest BCUT2D eigenvalue weighted by atomic mass is 10.1. The summed E-state index contributed by atoms with van der Waals surface area (Å²) in [6, 6.07) is 8.10. The summed E-state index contributed by atoms with van der Waals surface area (Å²) in [6.07, 6.45) is 2.38. The lowest BCUT2D eigenvalue weighted by Crippen LogP contribution is -2.36. The third-order valence-corrected chi connectivity index (χ3v) is 3.09. The largest absolute Gasteiger partial charge is 0.348 e. The first-order valence-corrected chi connectivity index (χ1v) is 6.31. The Kier molecular flexibility index (Phi) is 4.02. The summed E-state index contributed by atoms with van der Waals surface area (Å²) in [5.41, 5.74) is 1.03. The molecule has 0 radical (unpaired) electrons. The van der Waals surface area contributed by atoms with Gasteiger partial charge in [-0.2, -0.15) is 0 Å². The molecule has 2 N–H and O–H groups in total. The van der Waals surface area contributed by atoms with Gasteiger partial charge >= 0.3 is 0 Å². The molecule has 2 rings (SSSR count). The van der Waals surface area contributed by atoms with Crippen molar-refractivity contribution in [3.63, 3.8) is 0 Å².